The van der Waals surface area contributed by atoms with Crippen molar-refractivity contribution in [2.75, 3.05) is 6.61 Å². The minimum absolute atomic E-state index is 0.0241. The molecule has 162 valence electrons. The van der Waals surface area contributed by atoms with Gasteiger partial charge in [0.05, 0.1) is 6.61 Å². The van der Waals surface area contributed by atoms with Crippen LogP contribution in [0, 0.1) is 11.3 Å². The van der Waals surface area contributed by atoms with Gasteiger partial charge in [-0.3, -0.25) is 4.79 Å². The van der Waals surface area contributed by atoms with Crippen LogP contribution in [0.4, 0.5) is 0 Å². The SMILES string of the molecule is CC[C@@H](COc1ccc(Cc2ccc(-c3ccccc3)s2)cc1)C(=N)CCCC(=O)O. The van der Waals surface area contributed by atoms with Gasteiger partial charge in [-0.2, -0.15) is 0 Å². The maximum Gasteiger partial charge on any atom is 0.303 e. The van der Waals surface area contributed by atoms with Crippen molar-refractivity contribution in [1.29, 1.82) is 5.41 Å². The van der Waals surface area contributed by atoms with Gasteiger partial charge in [-0.05, 0) is 54.7 Å². The van der Waals surface area contributed by atoms with Crippen LogP contribution in [-0.4, -0.2) is 23.4 Å². The zero-order valence-corrected chi connectivity index (χ0v) is 18.7. The summed E-state index contributed by atoms with van der Waals surface area (Å²) in [6.07, 6.45) is 2.83. The summed E-state index contributed by atoms with van der Waals surface area (Å²) in [6.45, 7) is 2.49. The molecule has 31 heavy (non-hydrogen) atoms. The third-order valence-electron chi connectivity index (χ3n) is 5.30. The van der Waals surface area contributed by atoms with Gasteiger partial charge >= 0.3 is 5.97 Å². The molecule has 0 fully saturated rings. The fraction of sp³-hybridized carbons (Fsp3) is 0.308. The molecule has 0 aliphatic heterocycles. The van der Waals surface area contributed by atoms with Crippen molar-refractivity contribution in [3.8, 4) is 16.2 Å². The van der Waals surface area contributed by atoms with Crippen LogP contribution in [0.15, 0.2) is 66.7 Å². The normalized spacial score (nSPS) is 11.8. The molecule has 5 heteroatoms. The molecule has 0 radical (unpaired) electrons. The maximum absolute atomic E-state index is 10.6. The first-order chi connectivity index (χ1) is 15.0. The van der Waals surface area contributed by atoms with Crippen LogP contribution in [0.3, 0.4) is 0 Å². The summed E-state index contributed by atoms with van der Waals surface area (Å²) in [5.41, 5.74) is 3.07. The minimum atomic E-state index is -0.809. The number of nitrogens with one attached hydrogen (secondary N) is 1. The summed E-state index contributed by atoms with van der Waals surface area (Å²) in [6, 6.07) is 23.0. The van der Waals surface area contributed by atoms with E-state index >= 15 is 0 Å². The third-order valence-corrected chi connectivity index (χ3v) is 6.43. The van der Waals surface area contributed by atoms with E-state index in [2.05, 4.69) is 48.5 Å². The molecule has 1 heterocycles. The van der Waals surface area contributed by atoms with Gasteiger partial charge < -0.3 is 15.3 Å². The number of benzene rings is 2. The van der Waals surface area contributed by atoms with E-state index in [9.17, 15) is 4.79 Å². The Morgan fingerprint density at radius 2 is 1.77 bits per heavy atom. The molecule has 0 aliphatic rings. The molecule has 0 aliphatic carbocycles. The van der Waals surface area contributed by atoms with E-state index in [1.54, 1.807) is 0 Å². The first-order valence-corrected chi connectivity index (χ1v) is 11.5. The number of hydrogen-bond acceptors (Lipinski definition) is 4. The van der Waals surface area contributed by atoms with Crippen LogP contribution >= 0.6 is 11.3 Å². The predicted molar refractivity (Wildman–Crippen MR) is 127 cm³/mol. The van der Waals surface area contributed by atoms with Gasteiger partial charge in [0.15, 0.2) is 0 Å². The summed E-state index contributed by atoms with van der Waals surface area (Å²) in [7, 11) is 0. The van der Waals surface area contributed by atoms with Crippen molar-refractivity contribution in [2.45, 2.75) is 39.0 Å². The summed E-state index contributed by atoms with van der Waals surface area (Å²) >= 11 is 1.82. The van der Waals surface area contributed by atoms with E-state index in [1.165, 1.54) is 20.9 Å². The zero-order valence-electron chi connectivity index (χ0n) is 17.8. The molecule has 3 rings (SSSR count). The quantitative estimate of drug-likeness (QED) is 0.312. The van der Waals surface area contributed by atoms with Crippen LogP contribution < -0.4 is 4.74 Å². The largest absolute Gasteiger partial charge is 0.493 e. The van der Waals surface area contributed by atoms with Crippen LogP contribution in [0.1, 0.15) is 43.0 Å². The second kappa shape index (κ2) is 11.5. The number of carboxylic acids is 1. The number of rotatable bonds is 12. The summed E-state index contributed by atoms with van der Waals surface area (Å²) in [5, 5.41) is 17.0. The number of hydrogen-bond donors (Lipinski definition) is 2. The summed E-state index contributed by atoms with van der Waals surface area (Å²) in [5.74, 6) is 0.0173. The fourth-order valence-electron chi connectivity index (χ4n) is 3.43. The van der Waals surface area contributed by atoms with Crippen molar-refractivity contribution in [3.05, 3.63) is 77.2 Å². The van der Waals surface area contributed by atoms with E-state index in [0.717, 1.165) is 18.6 Å². The Morgan fingerprint density at radius 1 is 1.03 bits per heavy atom. The lowest BCUT2D eigenvalue weighted by atomic mass is 9.97. The Labute approximate surface area is 188 Å². The number of aliphatic carboxylic acids is 1. The van der Waals surface area contributed by atoms with Gasteiger partial charge in [-0.15, -0.1) is 11.3 Å². The molecule has 0 spiro atoms. The molecule has 0 bridgehead atoms. The summed E-state index contributed by atoms with van der Waals surface area (Å²) in [4.78, 5) is 13.3. The van der Waals surface area contributed by atoms with Gasteiger partial charge in [0, 0.05) is 34.2 Å². The molecule has 3 aromatic rings. The van der Waals surface area contributed by atoms with E-state index < -0.39 is 5.97 Å². The van der Waals surface area contributed by atoms with E-state index in [1.807, 2.05) is 36.5 Å². The molecular formula is C26H29NO3S. The molecule has 1 aromatic heterocycles. The molecule has 0 unspecified atom stereocenters. The second-order valence-corrected chi connectivity index (χ2v) is 8.81. The Kier molecular flexibility index (Phi) is 8.42. The van der Waals surface area contributed by atoms with Crippen molar-refractivity contribution in [2.24, 2.45) is 5.92 Å². The lowest BCUT2D eigenvalue weighted by molar-refractivity contribution is -0.137. The molecule has 0 saturated carbocycles. The Bertz CT molecular complexity index is 979. The average Bonchev–Trinajstić information content (AvgIpc) is 3.24. The molecule has 4 nitrogen and oxygen atoms in total. The smallest absolute Gasteiger partial charge is 0.303 e. The highest BCUT2D eigenvalue weighted by molar-refractivity contribution is 7.15. The number of carbonyl (C=O) groups is 1. The first-order valence-electron chi connectivity index (χ1n) is 10.7. The monoisotopic (exact) mass is 435 g/mol. The van der Waals surface area contributed by atoms with Gasteiger partial charge in [-0.25, -0.2) is 0 Å². The zero-order chi connectivity index (χ0) is 22.1. The highest BCUT2D eigenvalue weighted by Crippen LogP contribution is 2.29. The standard InChI is InChI=1S/C26H29NO3S/c1-2-20(24(27)9-6-10-26(28)29)18-30-22-13-11-19(12-14-22)17-23-15-16-25(31-23)21-7-4-3-5-8-21/h3-5,7-8,11-16,20,27H,2,6,9-10,17-18H2,1H3,(H,28,29)/t20-/m0/s1. The Balaban J connectivity index is 1.50. The Morgan fingerprint density at radius 3 is 2.45 bits per heavy atom. The molecule has 0 saturated heterocycles. The molecule has 0 amide bonds. The fourth-order valence-corrected chi connectivity index (χ4v) is 4.48. The minimum Gasteiger partial charge on any atom is -0.493 e. The Hall–Kier alpha value is -2.92. The highest BCUT2D eigenvalue weighted by Gasteiger charge is 2.14. The van der Waals surface area contributed by atoms with Gasteiger partial charge in [0.25, 0.3) is 0 Å². The lowest BCUT2D eigenvalue weighted by Crippen LogP contribution is -2.21. The van der Waals surface area contributed by atoms with Crippen LogP contribution in [0.2, 0.25) is 0 Å². The predicted octanol–water partition coefficient (Wildman–Crippen LogP) is 6.69. The maximum atomic E-state index is 10.6. The number of ether oxygens (including phenoxy) is 1. The van der Waals surface area contributed by atoms with Crippen molar-refractivity contribution in [3.63, 3.8) is 0 Å². The van der Waals surface area contributed by atoms with E-state index in [-0.39, 0.29) is 12.3 Å². The molecule has 1 atom stereocenters. The van der Waals surface area contributed by atoms with Crippen molar-refractivity contribution < 1.29 is 14.6 Å². The van der Waals surface area contributed by atoms with Crippen LogP contribution in [-0.2, 0) is 11.2 Å². The summed E-state index contributed by atoms with van der Waals surface area (Å²) < 4.78 is 5.92. The van der Waals surface area contributed by atoms with Crippen molar-refractivity contribution >= 4 is 23.0 Å². The van der Waals surface area contributed by atoms with Crippen molar-refractivity contribution in [1.82, 2.24) is 0 Å². The van der Waals surface area contributed by atoms with Crippen LogP contribution in [0.5, 0.6) is 5.75 Å². The highest BCUT2D eigenvalue weighted by atomic mass is 32.1. The van der Waals surface area contributed by atoms with Crippen LogP contribution in [0.25, 0.3) is 10.4 Å². The number of thiophene rings is 1. The van der Waals surface area contributed by atoms with E-state index in [0.29, 0.717) is 25.2 Å². The van der Waals surface area contributed by atoms with E-state index in [4.69, 9.17) is 15.3 Å². The van der Waals surface area contributed by atoms with Gasteiger partial charge in [-0.1, -0.05) is 49.4 Å². The third kappa shape index (κ3) is 7.07. The lowest BCUT2D eigenvalue weighted by Gasteiger charge is -2.17. The molecular weight excluding hydrogens is 406 g/mol. The molecule has 2 aromatic carbocycles. The topological polar surface area (TPSA) is 70.4 Å². The van der Waals surface area contributed by atoms with Gasteiger partial charge in [0.1, 0.15) is 5.75 Å². The second-order valence-electron chi connectivity index (χ2n) is 7.64. The number of carboxylic acid groups (broad SMARTS) is 1. The van der Waals surface area contributed by atoms with Gasteiger partial charge in [0.2, 0.25) is 0 Å². The average molecular weight is 436 g/mol. The first kappa shape index (κ1) is 22.8. The molecule has 2 N–H and O–H groups in total.